The monoisotopic (exact) mass is 387 g/mol. The van der Waals surface area contributed by atoms with Gasteiger partial charge in [0.05, 0.1) is 18.3 Å². The van der Waals surface area contributed by atoms with Crippen LogP contribution in [0.1, 0.15) is 11.1 Å². The number of amides is 1. The summed E-state index contributed by atoms with van der Waals surface area (Å²) in [5.41, 5.74) is 2.89. The van der Waals surface area contributed by atoms with Crippen molar-refractivity contribution in [1.29, 1.82) is 0 Å². The van der Waals surface area contributed by atoms with Crippen LogP contribution in [0.25, 0.3) is 0 Å². The lowest BCUT2D eigenvalue weighted by Gasteiger charge is -2.36. The number of pyridine rings is 2. The van der Waals surface area contributed by atoms with Gasteiger partial charge >= 0.3 is 0 Å². The van der Waals surface area contributed by atoms with Gasteiger partial charge in [-0.1, -0.05) is 35.9 Å². The Morgan fingerprint density at radius 2 is 1.69 bits per heavy atom. The van der Waals surface area contributed by atoms with Gasteiger partial charge in [-0.3, -0.25) is 4.79 Å². The van der Waals surface area contributed by atoms with Crippen molar-refractivity contribution in [2.75, 3.05) is 41.3 Å². The molecule has 6 heteroatoms. The van der Waals surface area contributed by atoms with E-state index in [1.54, 1.807) is 6.20 Å². The summed E-state index contributed by atoms with van der Waals surface area (Å²) >= 11 is 0. The van der Waals surface area contributed by atoms with Gasteiger partial charge in [0.25, 0.3) is 0 Å². The van der Waals surface area contributed by atoms with Crippen LogP contribution in [0.3, 0.4) is 0 Å². The third-order valence-electron chi connectivity index (χ3n) is 5.06. The normalized spacial score (nSPS) is 14.0. The van der Waals surface area contributed by atoms with E-state index in [0.717, 1.165) is 54.6 Å². The molecule has 0 unspecified atom stereocenters. The molecule has 1 aromatic carbocycles. The Morgan fingerprint density at radius 3 is 2.31 bits per heavy atom. The topological polar surface area (TPSA) is 61.4 Å². The van der Waals surface area contributed by atoms with Crippen molar-refractivity contribution in [3.63, 3.8) is 0 Å². The van der Waals surface area contributed by atoms with Crippen LogP contribution in [0, 0.1) is 6.92 Å². The van der Waals surface area contributed by atoms with Gasteiger partial charge in [0.1, 0.15) is 11.6 Å². The first-order valence-corrected chi connectivity index (χ1v) is 9.90. The summed E-state index contributed by atoms with van der Waals surface area (Å²) in [6, 6.07) is 17.9. The largest absolute Gasteiger partial charge is 0.353 e. The molecule has 2 aromatic heterocycles. The van der Waals surface area contributed by atoms with Crippen LogP contribution >= 0.6 is 0 Å². The van der Waals surface area contributed by atoms with Crippen LogP contribution in [-0.4, -0.2) is 42.1 Å². The minimum atomic E-state index is -0.0332. The van der Waals surface area contributed by atoms with E-state index < -0.39 is 0 Å². The molecular weight excluding hydrogens is 362 g/mol. The van der Waals surface area contributed by atoms with Gasteiger partial charge in [-0.05, 0) is 36.8 Å². The van der Waals surface area contributed by atoms with Gasteiger partial charge in [0.15, 0.2) is 0 Å². The van der Waals surface area contributed by atoms with Crippen LogP contribution in [-0.2, 0) is 11.2 Å². The van der Waals surface area contributed by atoms with E-state index in [9.17, 15) is 4.79 Å². The second kappa shape index (κ2) is 8.73. The molecule has 0 bridgehead atoms. The van der Waals surface area contributed by atoms with E-state index in [1.807, 2.05) is 67.7 Å². The van der Waals surface area contributed by atoms with Crippen molar-refractivity contribution < 1.29 is 4.79 Å². The zero-order valence-corrected chi connectivity index (χ0v) is 16.6. The number of anilines is 3. The van der Waals surface area contributed by atoms with Crippen molar-refractivity contribution in [2.24, 2.45) is 0 Å². The Kier molecular flexibility index (Phi) is 5.70. The van der Waals surface area contributed by atoms with Gasteiger partial charge in [0.2, 0.25) is 5.91 Å². The Labute approximate surface area is 171 Å². The van der Waals surface area contributed by atoms with Crippen molar-refractivity contribution in [2.45, 2.75) is 13.3 Å². The average Bonchev–Trinajstić information content (AvgIpc) is 2.75. The number of hydrogen-bond donors (Lipinski definition) is 1. The minimum absolute atomic E-state index is 0.0332. The third kappa shape index (κ3) is 4.90. The molecule has 1 fully saturated rings. The molecule has 1 amide bonds. The molecule has 6 nitrogen and oxygen atoms in total. The van der Waals surface area contributed by atoms with E-state index in [0.29, 0.717) is 6.42 Å². The van der Waals surface area contributed by atoms with Crippen LogP contribution in [0.5, 0.6) is 0 Å². The quantitative estimate of drug-likeness (QED) is 0.728. The van der Waals surface area contributed by atoms with Crippen LogP contribution in [0.2, 0.25) is 0 Å². The molecule has 4 rings (SSSR count). The molecule has 3 heterocycles. The summed E-state index contributed by atoms with van der Waals surface area (Å²) in [5.74, 6) is 1.92. The number of nitrogens with zero attached hydrogens (tertiary/aromatic N) is 4. The standard InChI is InChI=1S/C23H25N5O/c1-18-5-4-6-19(15-18)16-23(29)26-20-8-9-22(25-17-20)28-13-11-27(12-14-28)21-7-2-3-10-24-21/h2-10,15,17H,11-14,16H2,1H3,(H,26,29). The zero-order chi connectivity index (χ0) is 20.1. The fraction of sp³-hybridized carbons (Fsp3) is 0.261. The Morgan fingerprint density at radius 1 is 0.931 bits per heavy atom. The third-order valence-corrected chi connectivity index (χ3v) is 5.06. The van der Waals surface area contributed by atoms with E-state index in [-0.39, 0.29) is 5.91 Å². The predicted molar refractivity (Wildman–Crippen MR) is 116 cm³/mol. The summed E-state index contributed by atoms with van der Waals surface area (Å²) in [5, 5.41) is 2.93. The highest BCUT2D eigenvalue weighted by molar-refractivity contribution is 5.92. The van der Waals surface area contributed by atoms with Gasteiger partial charge in [-0.2, -0.15) is 0 Å². The first-order chi connectivity index (χ1) is 14.2. The second-order valence-electron chi connectivity index (χ2n) is 7.28. The molecule has 148 valence electrons. The summed E-state index contributed by atoms with van der Waals surface area (Å²) in [4.78, 5) is 25.8. The number of carbonyl (C=O) groups excluding carboxylic acids is 1. The molecule has 0 aliphatic carbocycles. The van der Waals surface area contributed by atoms with Crippen LogP contribution in [0.15, 0.2) is 67.0 Å². The van der Waals surface area contributed by atoms with E-state index >= 15 is 0 Å². The molecule has 0 spiro atoms. The number of carbonyl (C=O) groups is 1. The van der Waals surface area contributed by atoms with Gasteiger partial charge in [-0.15, -0.1) is 0 Å². The van der Waals surface area contributed by atoms with Crippen LogP contribution in [0.4, 0.5) is 17.3 Å². The highest BCUT2D eigenvalue weighted by Gasteiger charge is 2.18. The van der Waals surface area contributed by atoms with E-state index in [2.05, 4.69) is 25.1 Å². The SMILES string of the molecule is Cc1cccc(CC(=O)Nc2ccc(N3CCN(c4ccccn4)CC3)nc2)c1. The number of aryl methyl sites for hydroxylation is 1. The molecule has 0 saturated carbocycles. The van der Waals surface area contributed by atoms with Gasteiger partial charge < -0.3 is 15.1 Å². The molecule has 0 radical (unpaired) electrons. The van der Waals surface area contributed by atoms with Crippen molar-refractivity contribution in [1.82, 2.24) is 9.97 Å². The predicted octanol–water partition coefficient (Wildman–Crippen LogP) is 3.29. The average molecular weight is 387 g/mol. The van der Waals surface area contributed by atoms with E-state index in [1.165, 1.54) is 0 Å². The lowest BCUT2D eigenvalue weighted by molar-refractivity contribution is -0.115. The van der Waals surface area contributed by atoms with Crippen LogP contribution < -0.4 is 15.1 Å². The number of rotatable bonds is 5. The highest BCUT2D eigenvalue weighted by Crippen LogP contribution is 2.19. The molecule has 1 aliphatic heterocycles. The zero-order valence-electron chi connectivity index (χ0n) is 16.6. The first kappa shape index (κ1) is 18.9. The lowest BCUT2D eigenvalue weighted by atomic mass is 10.1. The fourth-order valence-corrected chi connectivity index (χ4v) is 3.57. The number of benzene rings is 1. The fourth-order valence-electron chi connectivity index (χ4n) is 3.57. The van der Waals surface area contributed by atoms with E-state index in [4.69, 9.17) is 0 Å². The number of hydrogen-bond acceptors (Lipinski definition) is 5. The Bertz CT molecular complexity index is 951. The summed E-state index contributed by atoms with van der Waals surface area (Å²) in [7, 11) is 0. The Hall–Kier alpha value is -3.41. The maximum atomic E-state index is 12.3. The smallest absolute Gasteiger partial charge is 0.228 e. The lowest BCUT2D eigenvalue weighted by Crippen LogP contribution is -2.47. The van der Waals surface area contributed by atoms with Gasteiger partial charge in [0, 0.05) is 32.4 Å². The number of aromatic nitrogens is 2. The maximum absolute atomic E-state index is 12.3. The van der Waals surface area contributed by atoms with Crippen molar-refractivity contribution in [3.8, 4) is 0 Å². The Balaban J connectivity index is 1.31. The maximum Gasteiger partial charge on any atom is 0.228 e. The summed E-state index contributed by atoms with van der Waals surface area (Å²) in [6.07, 6.45) is 3.92. The van der Waals surface area contributed by atoms with Crippen molar-refractivity contribution >= 4 is 23.2 Å². The summed E-state index contributed by atoms with van der Waals surface area (Å²) in [6.45, 7) is 5.63. The number of nitrogens with one attached hydrogen (secondary N) is 1. The molecular formula is C23H25N5O. The molecule has 0 atom stereocenters. The summed E-state index contributed by atoms with van der Waals surface area (Å²) < 4.78 is 0. The number of piperazine rings is 1. The van der Waals surface area contributed by atoms with Crippen molar-refractivity contribution in [3.05, 3.63) is 78.1 Å². The molecule has 1 saturated heterocycles. The molecule has 3 aromatic rings. The molecule has 29 heavy (non-hydrogen) atoms. The molecule has 1 aliphatic rings. The minimum Gasteiger partial charge on any atom is -0.353 e. The first-order valence-electron chi connectivity index (χ1n) is 9.90. The molecule has 1 N–H and O–H groups in total. The second-order valence-corrected chi connectivity index (χ2v) is 7.28. The van der Waals surface area contributed by atoms with Gasteiger partial charge in [-0.25, -0.2) is 9.97 Å². The highest BCUT2D eigenvalue weighted by atomic mass is 16.1.